The molecule has 0 aromatic carbocycles. The van der Waals surface area contributed by atoms with E-state index < -0.39 is 11.9 Å². The molecule has 0 saturated heterocycles. The van der Waals surface area contributed by atoms with Crippen LogP contribution >= 0.6 is 35.3 Å². The quantitative estimate of drug-likeness (QED) is 0.295. The molecule has 5 nitrogen and oxygen atoms in total. The van der Waals surface area contributed by atoms with Crippen molar-refractivity contribution < 1.29 is 13.2 Å². The number of aromatic nitrogens is 1. The normalized spacial score (nSPS) is 13.6. The molecule has 0 saturated carbocycles. The first-order valence-electron chi connectivity index (χ1n) is 8.83. The van der Waals surface area contributed by atoms with E-state index in [2.05, 4.69) is 39.4 Å². The Balaban J connectivity index is 0.00000676. The zero-order valence-corrected chi connectivity index (χ0v) is 19.7. The number of aliphatic imine (C=N–C) groups is 1. The number of hydrogen-bond donors (Lipinski definition) is 2. The number of nitrogens with one attached hydrogen (secondary N) is 2. The van der Waals surface area contributed by atoms with Crippen molar-refractivity contribution >= 4 is 41.3 Å². The van der Waals surface area contributed by atoms with Gasteiger partial charge in [-0.2, -0.15) is 13.2 Å². The van der Waals surface area contributed by atoms with Crippen molar-refractivity contribution in [3.05, 3.63) is 16.1 Å². The van der Waals surface area contributed by atoms with Gasteiger partial charge in [-0.1, -0.05) is 13.8 Å². The minimum absolute atomic E-state index is 0. The first-order chi connectivity index (χ1) is 12.1. The Morgan fingerprint density at radius 3 is 2.44 bits per heavy atom. The summed E-state index contributed by atoms with van der Waals surface area (Å²) in [6.45, 7) is 8.21. The van der Waals surface area contributed by atoms with Crippen LogP contribution in [0.25, 0.3) is 0 Å². The fraction of sp³-hybridized carbons (Fsp3) is 0.765. The van der Waals surface area contributed by atoms with Crippen molar-refractivity contribution in [2.45, 2.75) is 45.8 Å². The maximum Gasteiger partial charge on any atom is 0.434 e. The van der Waals surface area contributed by atoms with Gasteiger partial charge in [0.1, 0.15) is 0 Å². The third-order valence-corrected chi connectivity index (χ3v) is 4.66. The highest BCUT2D eigenvalue weighted by molar-refractivity contribution is 14.0. The van der Waals surface area contributed by atoms with Crippen molar-refractivity contribution in [1.82, 2.24) is 20.5 Å². The van der Waals surface area contributed by atoms with E-state index in [4.69, 9.17) is 0 Å². The molecule has 0 aliphatic carbocycles. The lowest BCUT2D eigenvalue weighted by Gasteiger charge is -2.24. The number of thiazole rings is 1. The van der Waals surface area contributed by atoms with Gasteiger partial charge in [0.05, 0.1) is 11.6 Å². The Morgan fingerprint density at radius 2 is 1.96 bits per heavy atom. The molecule has 10 heteroatoms. The first kappa shape index (κ1) is 26.4. The Labute approximate surface area is 181 Å². The second-order valence-electron chi connectivity index (χ2n) is 6.77. The fourth-order valence-corrected chi connectivity index (χ4v) is 3.18. The number of rotatable bonds is 9. The van der Waals surface area contributed by atoms with Crippen LogP contribution in [-0.2, 0) is 12.6 Å². The summed E-state index contributed by atoms with van der Waals surface area (Å²) in [4.78, 5) is 10.4. The number of guanidine groups is 1. The second-order valence-corrected chi connectivity index (χ2v) is 7.71. The summed E-state index contributed by atoms with van der Waals surface area (Å²) in [5.74, 6) is 1.26. The lowest BCUT2D eigenvalue weighted by molar-refractivity contribution is -0.140. The van der Waals surface area contributed by atoms with Gasteiger partial charge in [0.25, 0.3) is 0 Å². The Hall–Kier alpha value is -0.620. The molecule has 1 atom stereocenters. The average Bonchev–Trinajstić information content (AvgIpc) is 2.99. The molecule has 1 aromatic rings. The van der Waals surface area contributed by atoms with Gasteiger partial charge in [0, 0.05) is 30.9 Å². The Bertz CT molecular complexity index is 561. The van der Waals surface area contributed by atoms with Gasteiger partial charge < -0.3 is 15.5 Å². The van der Waals surface area contributed by atoms with Crippen molar-refractivity contribution in [3.8, 4) is 0 Å². The van der Waals surface area contributed by atoms with Crippen LogP contribution in [0.5, 0.6) is 0 Å². The van der Waals surface area contributed by atoms with Gasteiger partial charge in [0.2, 0.25) is 0 Å². The summed E-state index contributed by atoms with van der Waals surface area (Å²) in [7, 11) is 4.09. The van der Waals surface area contributed by atoms with Crippen LogP contribution in [0.4, 0.5) is 13.2 Å². The summed E-state index contributed by atoms with van der Waals surface area (Å²) >= 11 is 1.03. The molecule has 0 aliphatic heterocycles. The summed E-state index contributed by atoms with van der Waals surface area (Å²) in [6, 6.07) is 0.346. The molecule has 0 bridgehead atoms. The molecular formula is C17H31F3IN5S. The van der Waals surface area contributed by atoms with E-state index in [1.165, 1.54) is 0 Å². The van der Waals surface area contributed by atoms with E-state index in [0.717, 1.165) is 29.7 Å². The maximum absolute atomic E-state index is 12.6. The maximum atomic E-state index is 12.6. The first-order valence-corrected chi connectivity index (χ1v) is 9.71. The highest BCUT2D eigenvalue weighted by Gasteiger charge is 2.33. The van der Waals surface area contributed by atoms with Gasteiger partial charge >= 0.3 is 6.18 Å². The Kier molecular flexibility index (Phi) is 12.5. The number of halogens is 4. The van der Waals surface area contributed by atoms with Crippen LogP contribution in [-0.4, -0.2) is 55.6 Å². The van der Waals surface area contributed by atoms with Gasteiger partial charge in [0.15, 0.2) is 11.7 Å². The van der Waals surface area contributed by atoms with E-state index >= 15 is 0 Å². The fourth-order valence-electron chi connectivity index (χ4n) is 2.37. The predicted octanol–water partition coefficient (Wildman–Crippen LogP) is 3.85. The van der Waals surface area contributed by atoms with Crippen LogP contribution in [0, 0.1) is 5.92 Å². The molecule has 0 spiro atoms. The summed E-state index contributed by atoms with van der Waals surface area (Å²) in [6.07, 6.45) is -2.90. The number of nitrogens with zero attached hydrogens (tertiary/aromatic N) is 3. The predicted molar refractivity (Wildman–Crippen MR) is 117 cm³/mol. The minimum Gasteiger partial charge on any atom is -0.357 e. The zero-order valence-electron chi connectivity index (χ0n) is 16.6. The van der Waals surface area contributed by atoms with Gasteiger partial charge in [-0.3, -0.25) is 4.99 Å². The lowest BCUT2D eigenvalue weighted by atomic mass is 10.0. The smallest absolute Gasteiger partial charge is 0.357 e. The van der Waals surface area contributed by atoms with E-state index in [1.54, 1.807) is 0 Å². The van der Waals surface area contributed by atoms with E-state index in [9.17, 15) is 13.2 Å². The monoisotopic (exact) mass is 521 g/mol. The summed E-state index contributed by atoms with van der Waals surface area (Å²) in [5.41, 5.74) is -0.819. The Morgan fingerprint density at radius 1 is 1.30 bits per heavy atom. The molecule has 0 fully saturated rings. The molecule has 1 aromatic heterocycles. The highest BCUT2D eigenvalue weighted by Crippen LogP contribution is 2.29. The summed E-state index contributed by atoms with van der Waals surface area (Å²) < 4.78 is 37.7. The molecule has 0 aliphatic rings. The SMILES string of the molecule is CCNC(=NCC(CC(C)C)N(C)C)NCCc1nc(C(F)(F)F)cs1.I. The molecule has 1 unspecified atom stereocenters. The van der Waals surface area contributed by atoms with Crippen molar-refractivity contribution in [2.24, 2.45) is 10.9 Å². The van der Waals surface area contributed by atoms with E-state index in [1.807, 2.05) is 21.0 Å². The van der Waals surface area contributed by atoms with Crippen LogP contribution in [0.3, 0.4) is 0 Å². The standard InChI is InChI=1S/C17H30F3N5S.HI/c1-6-21-16(23-10-13(25(4)5)9-12(2)3)22-8-7-15-24-14(11-26-15)17(18,19)20;/h11-13H,6-10H2,1-5H3,(H2,21,22,23);1H. The van der Waals surface area contributed by atoms with Gasteiger partial charge in [-0.05, 0) is 33.4 Å². The third kappa shape index (κ3) is 10.5. The van der Waals surface area contributed by atoms with Crippen molar-refractivity contribution in [1.29, 1.82) is 0 Å². The van der Waals surface area contributed by atoms with E-state index in [0.29, 0.717) is 42.4 Å². The molecule has 27 heavy (non-hydrogen) atoms. The highest BCUT2D eigenvalue weighted by atomic mass is 127. The minimum atomic E-state index is -4.38. The van der Waals surface area contributed by atoms with Crippen LogP contribution < -0.4 is 10.6 Å². The van der Waals surface area contributed by atoms with Crippen LogP contribution in [0.2, 0.25) is 0 Å². The lowest BCUT2D eigenvalue weighted by Crippen LogP contribution is -2.40. The van der Waals surface area contributed by atoms with Gasteiger partial charge in [-0.25, -0.2) is 4.98 Å². The third-order valence-electron chi connectivity index (χ3n) is 3.75. The van der Waals surface area contributed by atoms with Gasteiger partial charge in [-0.15, -0.1) is 35.3 Å². The average molecular weight is 521 g/mol. The van der Waals surface area contributed by atoms with Crippen molar-refractivity contribution in [2.75, 3.05) is 33.7 Å². The summed E-state index contributed by atoms with van der Waals surface area (Å²) in [5, 5.41) is 7.86. The molecule has 0 amide bonds. The molecule has 158 valence electrons. The molecule has 1 heterocycles. The number of alkyl halides is 3. The van der Waals surface area contributed by atoms with Crippen molar-refractivity contribution in [3.63, 3.8) is 0 Å². The number of likely N-dealkylation sites (N-methyl/N-ethyl adjacent to an activating group) is 1. The topological polar surface area (TPSA) is 52.6 Å². The largest absolute Gasteiger partial charge is 0.434 e. The van der Waals surface area contributed by atoms with E-state index in [-0.39, 0.29) is 24.0 Å². The molecule has 2 N–H and O–H groups in total. The second kappa shape index (κ2) is 12.8. The molecule has 0 radical (unpaired) electrons. The van der Waals surface area contributed by atoms with Crippen LogP contribution in [0.1, 0.15) is 37.9 Å². The number of hydrogen-bond acceptors (Lipinski definition) is 4. The molecular weight excluding hydrogens is 490 g/mol. The molecule has 1 rings (SSSR count). The van der Waals surface area contributed by atoms with Crippen LogP contribution in [0.15, 0.2) is 10.4 Å². The zero-order chi connectivity index (χ0) is 19.7.